The fourth-order valence-electron chi connectivity index (χ4n) is 1.63. The number of hydrogen-bond donors (Lipinski definition) is 1. The number of nitrogens with one attached hydrogen (secondary N) is 1. The standard InChI is InChI=1S/C13H10N4OS/c18-13(12-8-19-9-14-12)16-10-6-15-17(7-10)11-4-2-1-3-5-11/h1-9H,(H,16,18). The molecule has 0 spiro atoms. The quantitative estimate of drug-likeness (QED) is 0.795. The van der Waals surface area contributed by atoms with E-state index < -0.39 is 0 Å². The van der Waals surface area contributed by atoms with Crippen molar-refractivity contribution in [3.05, 3.63) is 59.3 Å². The van der Waals surface area contributed by atoms with Crippen molar-refractivity contribution in [2.45, 2.75) is 0 Å². The smallest absolute Gasteiger partial charge is 0.275 e. The summed E-state index contributed by atoms with van der Waals surface area (Å²) in [6, 6.07) is 9.70. The summed E-state index contributed by atoms with van der Waals surface area (Å²) in [6.45, 7) is 0. The van der Waals surface area contributed by atoms with Crippen LogP contribution in [0.2, 0.25) is 0 Å². The molecule has 1 amide bonds. The molecule has 19 heavy (non-hydrogen) atoms. The van der Waals surface area contributed by atoms with Gasteiger partial charge in [0.2, 0.25) is 0 Å². The molecule has 0 aliphatic carbocycles. The summed E-state index contributed by atoms with van der Waals surface area (Å²) in [5, 5.41) is 8.67. The summed E-state index contributed by atoms with van der Waals surface area (Å²) in [7, 11) is 0. The van der Waals surface area contributed by atoms with Crippen molar-refractivity contribution in [1.82, 2.24) is 14.8 Å². The predicted molar refractivity (Wildman–Crippen MR) is 73.6 cm³/mol. The molecule has 0 fully saturated rings. The van der Waals surface area contributed by atoms with Crippen molar-refractivity contribution in [3.8, 4) is 5.69 Å². The zero-order valence-electron chi connectivity index (χ0n) is 9.85. The van der Waals surface area contributed by atoms with Crippen molar-refractivity contribution in [2.75, 3.05) is 5.32 Å². The Morgan fingerprint density at radius 1 is 1.26 bits per heavy atom. The molecule has 0 aliphatic rings. The van der Waals surface area contributed by atoms with Gasteiger partial charge in [-0.3, -0.25) is 4.79 Å². The van der Waals surface area contributed by atoms with Crippen LogP contribution >= 0.6 is 11.3 Å². The first-order chi connectivity index (χ1) is 9.33. The van der Waals surface area contributed by atoms with Crippen LogP contribution in [0.25, 0.3) is 5.69 Å². The van der Waals surface area contributed by atoms with Gasteiger partial charge >= 0.3 is 0 Å². The third-order valence-electron chi connectivity index (χ3n) is 2.53. The van der Waals surface area contributed by atoms with Gasteiger partial charge in [-0.15, -0.1) is 11.3 Å². The monoisotopic (exact) mass is 270 g/mol. The number of amides is 1. The van der Waals surface area contributed by atoms with Crippen molar-refractivity contribution in [2.24, 2.45) is 0 Å². The van der Waals surface area contributed by atoms with Crippen LogP contribution in [-0.2, 0) is 0 Å². The van der Waals surface area contributed by atoms with Crippen molar-refractivity contribution >= 4 is 22.9 Å². The number of aromatic nitrogens is 3. The fraction of sp³-hybridized carbons (Fsp3) is 0. The third-order valence-corrected chi connectivity index (χ3v) is 3.11. The van der Waals surface area contributed by atoms with E-state index in [9.17, 15) is 4.79 Å². The highest BCUT2D eigenvalue weighted by Gasteiger charge is 2.09. The Balaban J connectivity index is 1.77. The highest BCUT2D eigenvalue weighted by Crippen LogP contribution is 2.12. The molecular weight excluding hydrogens is 260 g/mol. The maximum absolute atomic E-state index is 11.8. The number of thiazole rings is 1. The summed E-state index contributed by atoms with van der Waals surface area (Å²) in [4.78, 5) is 15.8. The third kappa shape index (κ3) is 2.53. The minimum Gasteiger partial charge on any atom is -0.318 e. The summed E-state index contributed by atoms with van der Waals surface area (Å²) < 4.78 is 1.71. The number of hydrogen-bond acceptors (Lipinski definition) is 4. The highest BCUT2D eigenvalue weighted by molar-refractivity contribution is 7.07. The zero-order chi connectivity index (χ0) is 13.1. The molecule has 1 N–H and O–H groups in total. The summed E-state index contributed by atoms with van der Waals surface area (Å²) in [6.07, 6.45) is 3.37. The molecule has 0 bridgehead atoms. The molecule has 2 heterocycles. The summed E-state index contributed by atoms with van der Waals surface area (Å²) >= 11 is 1.39. The molecule has 94 valence electrons. The number of para-hydroxylation sites is 1. The Kier molecular flexibility index (Phi) is 3.07. The molecule has 0 saturated carbocycles. The largest absolute Gasteiger partial charge is 0.318 e. The molecule has 0 aliphatic heterocycles. The van der Waals surface area contributed by atoms with E-state index in [1.165, 1.54) is 11.3 Å². The minimum atomic E-state index is -0.228. The predicted octanol–water partition coefficient (Wildman–Crippen LogP) is 2.58. The van der Waals surface area contributed by atoms with E-state index in [2.05, 4.69) is 15.4 Å². The van der Waals surface area contributed by atoms with Crippen molar-refractivity contribution in [3.63, 3.8) is 0 Å². The van der Waals surface area contributed by atoms with Crippen LogP contribution in [0.4, 0.5) is 5.69 Å². The Bertz CT molecular complexity index is 676. The second-order valence-corrected chi connectivity index (χ2v) is 4.56. The van der Waals surface area contributed by atoms with Gasteiger partial charge in [0, 0.05) is 5.38 Å². The van der Waals surface area contributed by atoms with E-state index in [0.717, 1.165) is 5.69 Å². The first kappa shape index (κ1) is 11.6. The van der Waals surface area contributed by atoms with E-state index in [0.29, 0.717) is 11.4 Å². The van der Waals surface area contributed by atoms with Gasteiger partial charge in [-0.05, 0) is 12.1 Å². The molecule has 0 unspecified atom stereocenters. The van der Waals surface area contributed by atoms with Crippen LogP contribution in [0.3, 0.4) is 0 Å². The molecule has 0 atom stereocenters. The van der Waals surface area contributed by atoms with E-state index in [1.54, 1.807) is 28.0 Å². The van der Waals surface area contributed by atoms with Crippen LogP contribution in [-0.4, -0.2) is 20.7 Å². The maximum Gasteiger partial charge on any atom is 0.275 e. The van der Waals surface area contributed by atoms with Crippen LogP contribution in [0.1, 0.15) is 10.5 Å². The molecule has 0 radical (unpaired) electrons. The van der Waals surface area contributed by atoms with Gasteiger partial charge in [0.05, 0.1) is 29.3 Å². The van der Waals surface area contributed by atoms with Gasteiger partial charge in [-0.1, -0.05) is 18.2 Å². The lowest BCUT2D eigenvalue weighted by Crippen LogP contribution is -2.11. The summed E-state index contributed by atoms with van der Waals surface area (Å²) in [5.41, 5.74) is 3.62. The number of carbonyl (C=O) groups excluding carboxylic acids is 1. The van der Waals surface area contributed by atoms with Gasteiger partial charge in [0.25, 0.3) is 5.91 Å². The molecule has 3 aromatic rings. The first-order valence-electron chi connectivity index (χ1n) is 5.62. The number of rotatable bonds is 3. The van der Waals surface area contributed by atoms with Crippen LogP contribution < -0.4 is 5.32 Å². The lowest BCUT2D eigenvalue weighted by atomic mass is 10.3. The number of benzene rings is 1. The van der Waals surface area contributed by atoms with Gasteiger partial charge in [-0.2, -0.15) is 5.10 Å². The topological polar surface area (TPSA) is 59.8 Å². The van der Waals surface area contributed by atoms with Gasteiger partial charge in [0.15, 0.2) is 0 Å². The van der Waals surface area contributed by atoms with E-state index >= 15 is 0 Å². The molecular formula is C13H10N4OS. The highest BCUT2D eigenvalue weighted by atomic mass is 32.1. The van der Waals surface area contributed by atoms with Crippen molar-refractivity contribution < 1.29 is 4.79 Å². The fourth-order valence-corrected chi connectivity index (χ4v) is 2.16. The van der Waals surface area contributed by atoms with E-state index in [4.69, 9.17) is 0 Å². The minimum absolute atomic E-state index is 0.228. The van der Waals surface area contributed by atoms with E-state index in [1.807, 2.05) is 30.3 Å². The lowest BCUT2D eigenvalue weighted by molar-refractivity contribution is 0.102. The Morgan fingerprint density at radius 3 is 2.84 bits per heavy atom. The zero-order valence-corrected chi connectivity index (χ0v) is 10.7. The van der Waals surface area contributed by atoms with Gasteiger partial charge in [0.1, 0.15) is 5.69 Å². The van der Waals surface area contributed by atoms with Crippen LogP contribution in [0, 0.1) is 0 Å². The number of anilines is 1. The first-order valence-corrected chi connectivity index (χ1v) is 6.57. The molecule has 1 aromatic carbocycles. The normalized spacial score (nSPS) is 10.3. The lowest BCUT2D eigenvalue weighted by Gasteiger charge is -2.00. The Labute approximate surface area is 113 Å². The Morgan fingerprint density at radius 2 is 2.11 bits per heavy atom. The Hall–Kier alpha value is -2.47. The second-order valence-electron chi connectivity index (χ2n) is 3.84. The molecule has 2 aromatic heterocycles. The molecule has 6 heteroatoms. The molecule has 3 rings (SSSR count). The van der Waals surface area contributed by atoms with Gasteiger partial charge in [-0.25, -0.2) is 9.67 Å². The average Bonchev–Trinajstić information content (AvgIpc) is 3.11. The van der Waals surface area contributed by atoms with Crippen LogP contribution in [0.5, 0.6) is 0 Å². The number of nitrogens with zero attached hydrogens (tertiary/aromatic N) is 3. The van der Waals surface area contributed by atoms with E-state index in [-0.39, 0.29) is 5.91 Å². The SMILES string of the molecule is O=C(Nc1cnn(-c2ccccc2)c1)c1cscn1. The van der Waals surface area contributed by atoms with Crippen LogP contribution in [0.15, 0.2) is 53.6 Å². The summed E-state index contributed by atoms with van der Waals surface area (Å²) in [5.74, 6) is -0.228. The molecule has 0 saturated heterocycles. The second kappa shape index (κ2) is 5.03. The maximum atomic E-state index is 11.8. The molecule has 5 nitrogen and oxygen atoms in total. The van der Waals surface area contributed by atoms with Crippen molar-refractivity contribution in [1.29, 1.82) is 0 Å². The van der Waals surface area contributed by atoms with Gasteiger partial charge < -0.3 is 5.32 Å². The number of carbonyl (C=O) groups is 1. The average molecular weight is 270 g/mol.